The van der Waals surface area contributed by atoms with Gasteiger partial charge in [0.25, 0.3) is 5.56 Å². The van der Waals surface area contributed by atoms with E-state index in [1.54, 1.807) is 35.9 Å². The maximum Gasteiger partial charge on any atom is 0.272 e. The number of anilines is 3. The monoisotopic (exact) mass is 469 g/mol. The first-order valence-electron chi connectivity index (χ1n) is 10.0. The number of nitrogens with one attached hydrogen (secondary N) is 2. The number of hydrogen-bond donors (Lipinski definition) is 2. The molecular weight excluding hydrogens is 450 g/mol. The fourth-order valence-electron chi connectivity index (χ4n) is 4.11. The topological polar surface area (TPSA) is 100 Å². The van der Waals surface area contributed by atoms with Crippen LogP contribution < -0.4 is 15.2 Å². The van der Waals surface area contributed by atoms with Gasteiger partial charge in [-0.2, -0.15) is 0 Å². The number of rotatable bonds is 4. The number of H-pyrrole nitrogens is 1. The Balaban J connectivity index is 1.80. The third kappa shape index (κ3) is 3.34. The number of pyridine rings is 2. The fraction of sp³-hybridized carbons (Fsp3) is 0.182. The highest BCUT2D eigenvalue weighted by molar-refractivity contribution is 7.92. The minimum atomic E-state index is -3.47. The van der Waals surface area contributed by atoms with E-state index in [0.29, 0.717) is 28.6 Å². The molecule has 0 spiro atoms. The van der Waals surface area contributed by atoms with Crippen LogP contribution in [0, 0.1) is 0 Å². The Morgan fingerprint density at radius 2 is 1.97 bits per heavy atom. The standard InChI is InChI=1S/C22H20ClN5O3S/c1-3-32(30,31)26-15-8-17-18-12-27(2)20-19(18)13(9-25-22(20)29)11-28(21(17)24-10-15)16-6-4-14(23)5-7-16/h4-10,12,26H,3,11H2,1-2H3,(H,25,29). The maximum atomic E-state index is 12.6. The molecule has 10 heteroatoms. The van der Waals surface area contributed by atoms with E-state index >= 15 is 0 Å². The lowest BCUT2D eigenvalue weighted by Crippen LogP contribution is -2.19. The molecule has 0 bridgehead atoms. The van der Waals surface area contributed by atoms with E-state index in [2.05, 4.69) is 14.7 Å². The predicted molar refractivity (Wildman–Crippen MR) is 127 cm³/mol. The maximum absolute atomic E-state index is 12.6. The van der Waals surface area contributed by atoms with Gasteiger partial charge in [0.2, 0.25) is 10.0 Å². The fourth-order valence-corrected chi connectivity index (χ4v) is 4.85. The molecular formula is C22H20ClN5O3S. The van der Waals surface area contributed by atoms with Gasteiger partial charge >= 0.3 is 0 Å². The van der Waals surface area contributed by atoms with Crippen LogP contribution >= 0.6 is 11.6 Å². The van der Waals surface area contributed by atoms with Gasteiger partial charge in [-0.25, -0.2) is 13.4 Å². The number of benzene rings is 1. The van der Waals surface area contributed by atoms with Crippen molar-refractivity contribution in [3.8, 4) is 11.1 Å². The number of aromatic amines is 1. The summed E-state index contributed by atoms with van der Waals surface area (Å²) < 4.78 is 28.7. The average Bonchev–Trinajstić information content (AvgIpc) is 3.06. The molecule has 4 aromatic rings. The third-order valence-corrected chi connectivity index (χ3v) is 7.19. The molecule has 3 aromatic heterocycles. The zero-order valence-electron chi connectivity index (χ0n) is 17.4. The Kier molecular flexibility index (Phi) is 4.75. The lowest BCUT2D eigenvalue weighted by atomic mass is 10.0. The second-order valence-corrected chi connectivity index (χ2v) is 10.1. The number of fused-ring (bicyclic) bond motifs is 2. The number of aromatic nitrogens is 3. The molecule has 1 aliphatic heterocycles. The number of halogens is 1. The predicted octanol–water partition coefficient (Wildman–Crippen LogP) is 4.00. The van der Waals surface area contributed by atoms with Crippen molar-refractivity contribution in [2.24, 2.45) is 7.05 Å². The van der Waals surface area contributed by atoms with E-state index < -0.39 is 10.0 Å². The van der Waals surface area contributed by atoms with Crippen molar-refractivity contribution in [2.75, 3.05) is 15.4 Å². The van der Waals surface area contributed by atoms with Gasteiger partial charge in [-0.1, -0.05) is 11.6 Å². The van der Waals surface area contributed by atoms with Crippen LogP contribution in [-0.4, -0.2) is 28.7 Å². The molecule has 0 aliphatic carbocycles. The summed E-state index contributed by atoms with van der Waals surface area (Å²) in [6.07, 6.45) is 5.12. The SMILES string of the molecule is CCS(=O)(=O)Nc1cnc2c(c1)-c1cn(C)c3c(=O)[nH]cc(c13)CN2c1ccc(Cl)cc1. The zero-order valence-corrected chi connectivity index (χ0v) is 19.0. The Bertz CT molecular complexity index is 1520. The molecule has 0 amide bonds. The molecule has 4 heterocycles. The number of hydrogen-bond acceptors (Lipinski definition) is 5. The van der Waals surface area contributed by atoms with Gasteiger partial charge in [-0.05, 0) is 42.8 Å². The summed E-state index contributed by atoms with van der Waals surface area (Å²) >= 11 is 6.09. The van der Waals surface area contributed by atoms with E-state index in [9.17, 15) is 13.2 Å². The quantitative estimate of drug-likeness (QED) is 0.470. The molecule has 0 fully saturated rings. The summed E-state index contributed by atoms with van der Waals surface area (Å²) in [4.78, 5) is 22.1. The number of aryl methyl sites for hydroxylation is 1. The summed E-state index contributed by atoms with van der Waals surface area (Å²) in [7, 11) is -1.65. The Hall–Kier alpha value is -3.30. The highest BCUT2D eigenvalue weighted by Crippen LogP contribution is 2.43. The van der Waals surface area contributed by atoms with Crippen LogP contribution in [0.1, 0.15) is 12.5 Å². The van der Waals surface area contributed by atoms with Crippen LogP contribution in [0.2, 0.25) is 5.02 Å². The summed E-state index contributed by atoms with van der Waals surface area (Å²) in [6.45, 7) is 2.04. The van der Waals surface area contributed by atoms with Crippen molar-refractivity contribution >= 4 is 49.7 Å². The van der Waals surface area contributed by atoms with E-state index in [-0.39, 0.29) is 11.3 Å². The Morgan fingerprint density at radius 3 is 2.69 bits per heavy atom. The molecule has 8 nitrogen and oxygen atoms in total. The third-order valence-electron chi connectivity index (χ3n) is 5.63. The van der Waals surface area contributed by atoms with Crippen molar-refractivity contribution in [1.82, 2.24) is 14.5 Å². The molecule has 0 saturated heterocycles. The molecule has 2 N–H and O–H groups in total. The number of nitrogens with zero attached hydrogens (tertiary/aromatic N) is 3. The largest absolute Gasteiger partial charge is 0.345 e. The van der Waals surface area contributed by atoms with Gasteiger partial charge < -0.3 is 14.5 Å². The van der Waals surface area contributed by atoms with Gasteiger partial charge in [0.15, 0.2) is 0 Å². The van der Waals surface area contributed by atoms with Crippen LogP contribution in [0.15, 0.2) is 53.7 Å². The van der Waals surface area contributed by atoms with Gasteiger partial charge in [0, 0.05) is 46.7 Å². The minimum absolute atomic E-state index is 0.0468. The highest BCUT2D eigenvalue weighted by atomic mass is 35.5. The average molecular weight is 470 g/mol. The Morgan fingerprint density at radius 1 is 1.22 bits per heavy atom. The first kappa shape index (κ1) is 20.6. The summed E-state index contributed by atoms with van der Waals surface area (Å²) in [5.74, 6) is 0.609. The lowest BCUT2D eigenvalue weighted by Gasteiger charge is -2.25. The van der Waals surface area contributed by atoms with Gasteiger partial charge in [0.05, 0.1) is 24.2 Å². The van der Waals surface area contributed by atoms with Crippen LogP contribution in [0.5, 0.6) is 0 Å². The van der Waals surface area contributed by atoms with Gasteiger partial charge in [-0.3, -0.25) is 9.52 Å². The molecule has 0 saturated carbocycles. The second kappa shape index (κ2) is 7.39. The second-order valence-electron chi connectivity index (χ2n) is 7.68. The first-order valence-corrected chi connectivity index (χ1v) is 12.0. The van der Waals surface area contributed by atoms with Crippen LogP contribution in [0.25, 0.3) is 22.0 Å². The molecule has 1 aliphatic rings. The van der Waals surface area contributed by atoms with E-state index in [1.807, 2.05) is 30.3 Å². The normalized spacial score (nSPS) is 13.2. The molecule has 5 rings (SSSR count). The van der Waals surface area contributed by atoms with Crippen LogP contribution in [-0.2, 0) is 23.6 Å². The number of sulfonamides is 1. The minimum Gasteiger partial charge on any atom is -0.345 e. The molecule has 0 atom stereocenters. The molecule has 0 unspecified atom stereocenters. The van der Waals surface area contributed by atoms with Crippen molar-refractivity contribution in [1.29, 1.82) is 0 Å². The lowest BCUT2D eigenvalue weighted by molar-refractivity contribution is 0.602. The van der Waals surface area contributed by atoms with Crippen molar-refractivity contribution in [3.63, 3.8) is 0 Å². The zero-order chi connectivity index (χ0) is 22.6. The summed E-state index contributed by atoms with van der Waals surface area (Å²) in [6, 6.07) is 9.19. The first-order chi connectivity index (χ1) is 15.3. The van der Waals surface area contributed by atoms with Crippen LogP contribution in [0.4, 0.5) is 17.2 Å². The Labute approximate surface area is 189 Å². The van der Waals surface area contributed by atoms with Crippen molar-refractivity contribution in [2.45, 2.75) is 13.5 Å². The van der Waals surface area contributed by atoms with Gasteiger partial charge in [-0.15, -0.1) is 0 Å². The van der Waals surface area contributed by atoms with E-state index in [4.69, 9.17) is 11.6 Å². The molecule has 164 valence electrons. The summed E-state index contributed by atoms with van der Waals surface area (Å²) in [5, 5.41) is 1.45. The molecule has 0 radical (unpaired) electrons. The smallest absolute Gasteiger partial charge is 0.272 e. The van der Waals surface area contributed by atoms with E-state index in [0.717, 1.165) is 27.8 Å². The van der Waals surface area contributed by atoms with Crippen LogP contribution in [0.3, 0.4) is 0 Å². The highest BCUT2D eigenvalue weighted by Gasteiger charge is 2.27. The van der Waals surface area contributed by atoms with Gasteiger partial charge in [0.1, 0.15) is 11.3 Å². The van der Waals surface area contributed by atoms with Crippen molar-refractivity contribution in [3.05, 3.63) is 69.9 Å². The van der Waals surface area contributed by atoms with E-state index in [1.165, 1.54) is 6.20 Å². The molecule has 1 aromatic carbocycles. The van der Waals surface area contributed by atoms with Crippen molar-refractivity contribution < 1.29 is 8.42 Å². The summed E-state index contributed by atoms with van der Waals surface area (Å²) in [5.41, 5.74) is 4.09. The molecule has 32 heavy (non-hydrogen) atoms.